The first-order valence-corrected chi connectivity index (χ1v) is 10.4. The highest BCUT2D eigenvalue weighted by atomic mass is 16.7. The zero-order valence-corrected chi connectivity index (χ0v) is 17.2. The van der Waals surface area contributed by atoms with Crippen LogP contribution in [0.4, 0.5) is 0 Å². The topological polar surface area (TPSA) is 198 Å². The number of aromatic nitrogens is 3. The zero-order valence-electron chi connectivity index (χ0n) is 17.2. The summed E-state index contributed by atoms with van der Waals surface area (Å²) in [6, 6.07) is 0. The average Bonchev–Trinajstić information content (AvgIpc) is 3.28. The van der Waals surface area contributed by atoms with E-state index in [9.17, 15) is 30.6 Å². The summed E-state index contributed by atoms with van der Waals surface area (Å²) in [5.41, 5.74) is 0.368. The summed E-state index contributed by atoms with van der Waals surface area (Å²) in [5.74, 6) is 0. The highest BCUT2D eigenvalue weighted by molar-refractivity contribution is 4.95. The third-order valence-corrected chi connectivity index (χ3v) is 5.72. The van der Waals surface area contributed by atoms with Gasteiger partial charge in [0.25, 0.3) is 0 Å². The summed E-state index contributed by atoms with van der Waals surface area (Å²) in [6.45, 7) is 0.132. The highest BCUT2D eigenvalue weighted by Crippen LogP contribution is 2.27. The van der Waals surface area contributed by atoms with Crippen LogP contribution in [-0.2, 0) is 36.8 Å². The summed E-state index contributed by atoms with van der Waals surface area (Å²) < 4.78 is 29.1. The molecule has 2 bridgehead atoms. The fourth-order valence-corrected chi connectivity index (χ4v) is 3.92. The van der Waals surface area contributed by atoms with E-state index in [1.54, 1.807) is 6.20 Å². The molecule has 0 saturated carbocycles. The Labute approximate surface area is 182 Å². The van der Waals surface area contributed by atoms with Gasteiger partial charge in [-0.15, -0.1) is 5.10 Å². The molecule has 5 rings (SSSR count). The van der Waals surface area contributed by atoms with Gasteiger partial charge in [0.15, 0.2) is 12.6 Å². The Morgan fingerprint density at radius 2 is 1.72 bits per heavy atom. The van der Waals surface area contributed by atoms with Crippen LogP contribution < -0.4 is 0 Å². The monoisotopic (exact) mass is 463 g/mol. The van der Waals surface area contributed by atoms with Crippen molar-refractivity contribution in [2.24, 2.45) is 0 Å². The molecule has 6 N–H and O–H groups in total. The van der Waals surface area contributed by atoms with Crippen molar-refractivity contribution in [3.8, 4) is 0 Å². The van der Waals surface area contributed by atoms with Crippen molar-refractivity contribution < 1.29 is 54.3 Å². The molecule has 10 atom stereocenters. The second-order valence-corrected chi connectivity index (χ2v) is 8.02. The van der Waals surface area contributed by atoms with Crippen molar-refractivity contribution in [2.45, 2.75) is 81.0 Å². The molecule has 0 aliphatic carbocycles. The Hall–Kier alpha value is -1.30. The molecular weight excluding hydrogens is 434 g/mol. The Morgan fingerprint density at radius 3 is 2.50 bits per heavy atom. The van der Waals surface area contributed by atoms with Gasteiger partial charge in [-0.1, -0.05) is 5.21 Å². The molecule has 1 aromatic heterocycles. The third kappa shape index (κ3) is 4.95. The summed E-state index contributed by atoms with van der Waals surface area (Å²) in [5, 5.41) is 67.4. The number of nitrogens with zero attached hydrogens (tertiary/aromatic N) is 3. The van der Waals surface area contributed by atoms with Crippen molar-refractivity contribution in [1.82, 2.24) is 15.0 Å². The fourth-order valence-electron chi connectivity index (χ4n) is 3.92. The molecule has 0 spiro atoms. The maximum absolute atomic E-state index is 10.4. The highest BCUT2D eigenvalue weighted by Gasteiger charge is 2.47. The summed E-state index contributed by atoms with van der Waals surface area (Å²) in [4.78, 5) is 0. The molecule has 14 nitrogen and oxygen atoms in total. The van der Waals surface area contributed by atoms with Crippen LogP contribution in [-0.4, -0.2) is 127 Å². The van der Waals surface area contributed by atoms with Gasteiger partial charge in [-0.2, -0.15) is 0 Å². The lowest BCUT2D eigenvalue weighted by molar-refractivity contribution is -0.304. The third-order valence-electron chi connectivity index (χ3n) is 5.72. The largest absolute Gasteiger partial charge is 0.394 e. The summed E-state index contributed by atoms with van der Waals surface area (Å²) >= 11 is 0. The van der Waals surface area contributed by atoms with Crippen LogP contribution in [0, 0.1) is 0 Å². The summed E-state index contributed by atoms with van der Waals surface area (Å²) in [6.07, 6.45) is -9.56. The Bertz CT molecular complexity index is 735. The molecule has 32 heavy (non-hydrogen) atoms. The van der Waals surface area contributed by atoms with E-state index in [2.05, 4.69) is 10.3 Å². The van der Waals surface area contributed by atoms with Gasteiger partial charge in [-0.25, -0.2) is 4.68 Å². The van der Waals surface area contributed by atoms with Crippen LogP contribution in [0.2, 0.25) is 0 Å². The predicted octanol–water partition coefficient (Wildman–Crippen LogP) is -4.15. The molecule has 4 aliphatic rings. The standard InChI is InChI=1S/C18H29N3O11/c22-6-10-11(23)12(24)14(26)18(32-10)30-7-8-4-21(20-19-8)5-9-16-13(25)15(27)17(31-9)29-3-1-2-28-16/h4,9-18,22-27H,1-3,5-7H2. The number of hydrogen-bond donors (Lipinski definition) is 6. The minimum Gasteiger partial charge on any atom is -0.394 e. The molecular formula is C18H29N3O11. The second kappa shape index (κ2) is 10.3. The first-order valence-electron chi connectivity index (χ1n) is 10.4. The van der Waals surface area contributed by atoms with E-state index >= 15 is 0 Å². The minimum absolute atomic E-state index is 0.138. The van der Waals surface area contributed by atoms with Crippen molar-refractivity contribution in [2.75, 3.05) is 19.8 Å². The second-order valence-electron chi connectivity index (χ2n) is 8.02. The summed E-state index contributed by atoms with van der Waals surface area (Å²) in [7, 11) is 0. The first kappa shape index (κ1) is 23.8. The van der Waals surface area contributed by atoms with Gasteiger partial charge < -0.3 is 54.3 Å². The lowest BCUT2D eigenvalue weighted by Gasteiger charge is -2.41. The van der Waals surface area contributed by atoms with Gasteiger partial charge in [0.05, 0.1) is 32.6 Å². The van der Waals surface area contributed by atoms with E-state index in [0.717, 1.165) is 0 Å². The number of aliphatic hydroxyl groups is 6. The van der Waals surface area contributed by atoms with E-state index in [4.69, 9.17) is 23.7 Å². The maximum atomic E-state index is 10.4. The lowest BCUT2D eigenvalue weighted by Crippen LogP contribution is -2.59. The van der Waals surface area contributed by atoms with E-state index in [1.165, 1.54) is 4.68 Å². The molecule has 0 radical (unpaired) electrons. The Morgan fingerprint density at radius 1 is 0.938 bits per heavy atom. The van der Waals surface area contributed by atoms with E-state index in [1.807, 2.05) is 0 Å². The fraction of sp³-hybridized carbons (Fsp3) is 0.889. The van der Waals surface area contributed by atoms with Crippen molar-refractivity contribution >= 4 is 0 Å². The smallest absolute Gasteiger partial charge is 0.187 e. The lowest BCUT2D eigenvalue weighted by atomic mass is 9.98. The Balaban J connectivity index is 1.36. The van der Waals surface area contributed by atoms with Crippen LogP contribution in [0.15, 0.2) is 6.20 Å². The molecule has 0 aromatic carbocycles. The average molecular weight is 463 g/mol. The van der Waals surface area contributed by atoms with Crippen LogP contribution in [0.1, 0.15) is 12.1 Å². The first-order chi connectivity index (χ1) is 15.4. The SMILES string of the molecule is OCC1OC(OCc2cn(CC3OC4OCCCOC3C(O)C4O)nn2)C(O)C(O)C1O. The van der Waals surface area contributed by atoms with Crippen LogP contribution in [0.5, 0.6) is 0 Å². The zero-order chi connectivity index (χ0) is 22.8. The van der Waals surface area contributed by atoms with Crippen molar-refractivity contribution in [3.05, 3.63) is 11.9 Å². The van der Waals surface area contributed by atoms with Gasteiger partial charge in [0, 0.05) is 6.61 Å². The van der Waals surface area contributed by atoms with E-state index < -0.39 is 68.0 Å². The number of ether oxygens (including phenoxy) is 5. The maximum Gasteiger partial charge on any atom is 0.187 e. The molecule has 4 aliphatic heterocycles. The van der Waals surface area contributed by atoms with Gasteiger partial charge in [-0.3, -0.25) is 0 Å². The van der Waals surface area contributed by atoms with Crippen molar-refractivity contribution in [1.29, 1.82) is 0 Å². The number of hydrogen-bond acceptors (Lipinski definition) is 13. The number of rotatable bonds is 6. The normalized spacial score (nSPS) is 42.9. The molecule has 10 unspecified atom stereocenters. The minimum atomic E-state index is -1.54. The number of aliphatic hydroxyl groups excluding tert-OH is 6. The molecule has 5 heterocycles. The van der Waals surface area contributed by atoms with Crippen LogP contribution >= 0.6 is 0 Å². The van der Waals surface area contributed by atoms with Crippen LogP contribution in [0.25, 0.3) is 0 Å². The molecule has 14 heteroatoms. The van der Waals surface area contributed by atoms with Crippen LogP contribution in [0.3, 0.4) is 0 Å². The molecule has 1 aromatic rings. The van der Waals surface area contributed by atoms with E-state index in [0.29, 0.717) is 25.3 Å². The van der Waals surface area contributed by atoms with Gasteiger partial charge >= 0.3 is 0 Å². The molecule has 4 saturated heterocycles. The van der Waals surface area contributed by atoms with Gasteiger partial charge in [0.2, 0.25) is 0 Å². The van der Waals surface area contributed by atoms with Crippen molar-refractivity contribution in [3.63, 3.8) is 0 Å². The predicted molar refractivity (Wildman–Crippen MR) is 99.6 cm³/mol. The van der Waals surface area contributed by atoms with Gasteiger partial charge in [-0.05, 0) is 6.42 Å². The van der Waals surface area contributed by atoms with Gasteiger partial charge in [0.1, 0.15) is 54.5 Å². The quantitative estimate of drug-likeness (QED) is 0.238. The molecule has 0 amide bonds. The Kier molecular flexibility index (Phi) is 7.69. The van der Waals surface area contributed by atoms with E-state index in [-0.39, 0.29) is 13.2 Å². The molecule has 182 valence electrons. The molecule has 4 fully saturated rings. The number of fused-ring (bicyclic) bond motifs is 6.